The van der Waals surface area contributed by atoms with E-state index in [0.29, 0.717) is 48.0 Å². The van der Waals surface area contributed by atoms with Gasteiger partial charge >= 0.3 is 5.97 Å². The smallest absolute Gasteiger partial charge is 0.303 e. The zero-order valence-electron chi connectivity index (χ0n) is 37.4. The molecule has 25 heteroatoms. The molecular formula is C44H46N2O18S5-4. The summed E-state index contributed by atoms with van der Waals surface area (Å²) in [6, 6.07) is 8.40. The van der Waals surface area contributed by atoms with E-state index in [0.717, 1.165) is 24.3 Å². The van der Waals surface area contributed by atoms with Crippen LogP contribution in [0.3, 0.4) is 0 Å². The lowest BCUT2D eigenvalue weighted by atomic mass is 9.75. The van der Waals surface area contributed by atoms with E-state index in [1.807, 2.05) is 0 Å². The largest absolute Gasteiger partial charge is 0.748 e. The number of rotatable bonds is 20. The number of carboxylic acid groups (broad SMARTS) is 1. The van der Waals surface area contributed by atoms with Gasteiger partial charge in [0.1, 0.15) is 47.1 Å². The van der Waals surface area contributed by atoms with Gasteiger partial charge < -0.3 is 37.5 Å². The number of methoxy groups -OCH3 is 1. The molecule has 6 rings (SSSR count). The summed E-state index contributed by atoms with van der Waals surface area (Å²) in [4.78, 5) is 9.74. The molecule has 20 nitrogen and oxygen atoms in total. The van der Waals surface area contributed by atoms with Gasteiger partial charge in [-0.25, -0.2) is 42.1 Å². The highest BCUT2D eigenvalue weighted by atomic mass is 32.2. The normalized spacial score (nSPS) is 18.4. The highest BCUT2D eigenvalue weighted by Gasteiger charge is 2.47. The van der Waals surface area contributed by atoms with E-state index in [1.54, 1.807) is 60.6 Å². The molecule has 2 heterocycles. The van der Waals surface area contributed by atoms with Gasteiger partial charge in [-0.05, 0) is 105 Å². The Labute approximate surface area is 400 Å². The Balaban J connectivity index is 1.54. The third kappa shape index (κ3) is 11.2. The molecule has 1 N–H and O–H groups in total. The zero-order valence-corrected chi connectivity index (χ0v) is 41.5. The van der Waals surface area contributed by atoms with Crippen molar-refractivity contribution in [2.45, 2.75) is 89.7 Å². The first-order chi connectivity index (χ1) is 31.8. The highest BCUT2D eigenvalue weighted by Crippen LogP contribution is 2.54. The van der Waals surface area contributed by atoms with Gasteiger partial charge in [-0.3, -0.25) is 4.79 Å². The van der Waals surface area contributed by atoms with Crippen LogP contribution < -0.4 is 4.90 Å². The molecule has 2 aliphatic rings. The standard InChI is InChI=1S/C44H50N2O18S5/c1-43(2)38(46(21-22-64-4)35-27-37(69(61,62)63)30-16-15-28(66(52,53)54)24-32(30)41(35)43)12-7-5-8-13-39-44(3,19-11-23-65(49,50)51)42-33-25-29(67(55,56)57)26-36(68(58,59)60)31(33)17-18-34(42)45(39)20-10-6-9-14-40(47)48/h5,7-8,12-13,15-18,24-27H,6,9-11,14,19-23H2,1-4H3,(H5-,47,48,49,50,51,52,53,54,55,56,57,58,59,60,61,62,63)/p-4. The minimum atomic E-state index is -5.41. The second-order valence-corrected chi connectivity index (χ2v) is 24.3. The number of benzene rings is 4. The summed E-state index contributed by atoms with van der Waals surface area (Å²) in [6.07, 6.45) is 8.66. The molecule has 0 aliphatic carbocycles. The number of allylic oxidation sites excluding steroid dienone is 6. The predicted octanol–water partition coefficient (Wildman–Crippen LogP) is 4.38. The summed E-state index contributed by atoms with van der Waals surface area (Å²) in [5, 5.41) is 8.81. The first-order valence-corrected chi connectivity index (χ1v) is 28.2. The fraction of sp³-hybridized carbons (Fsp3) is 0.364. The molecule has 69 heavy (non-hydrogen) atoms. The van der Waals surface area contributed by atoms with E-state index >= 15 is 0 Å². The minimum absolute atomic E-state index is 0.0373. The average Bonchev–Trinajstić information content (AvgIpc) is 3.58. The predicted molar refractivity (Wildman–Crippen MR) is 245 cm³/mol. The Bertz CT molecular complexity index is 3490. The minimum Gasteiger partial charge on any atom is -0.748 e. The lowest BCUT2D eigenvalue weighted by Gasteiger charge is -2.31. The van der Waals surface area contributed by atoms with E-state index in [2.05, 4.69) is 0 Å². The molecular weight excluding hydrogens is 1000 g/mol. The van der Waals surface area contributed by atoms with Crippen LogP contribution in [0.15, 0.2) is 104 Å². The van der Waals surface area contributed by atoms with Gasteiger partial charge in [0, 0.05) is 65.7 Å². The van der Waals surface area contributed by atoms with Gasteiger partial charge in [0.15, 0.2) is 12.3 Å². The Morgan fingerprint density at radius 1 is 0.696 bits per heavy atom. The number of anilines is 1. The van der Waals surface area contributed by atoms with Gasteiger partial charge in [-0.2, -0.15) is 4.58 Å². The second kappa shape index (κ2) is 19.3. The van der Waals surface area contributed by atoms with Crippen LogP contribution in [0.4, 0.5) is 11.4 Å². The van der Waals surface area contributed by atoms with Crippen LogP contribution in [-0.2, 0) is 71.0 Å². The summed E-state index contributed by atoms with van der Waals surface area (Å²) in [5.74, 6) is -1.84. The van der Waals surface area contributed by atoms with E-state index in [4.69, 9.17) is 4.74 Å². The number of carboxylic acids is 1. The monoisotopic (exact) mass is 1050 g/mol. The third-order valence-electron chi connectivity index (χ3n) is 12.4. The molecule has 0 spiro atoms. The number of hydrogen-bond donors (Lipinski definition) is 1. The fourth-order valence-corrected chi connectivity index (χ4v) is 12.4. The van der Waals surface area contributed by atoms with Gasteiger partial charge in [0.2, 0.25) is 5.69 Å². The van der Waals surface area contributed by atoms with Crippen LogP contribution in [-0.4, -0.2) is 119 Å². The quantitative estimate of drug-likeness (QED) is 0.0555. The Kier molecular flexibility index (Phi) is 15.0. The highest BCUT2D eigenvalue weighted by molar-refractivity contribution is 7.87. The number of nitrogens with zero attached hydrogens (tertiary/aromatic N) is 2. The van der Waals surface area contributed by atoms with Crippen molar-refractivity contribution in [2.24, 2.45) is 0 Å². The van der Waals surface area contributed by atoms with Crippen LogP contribution >= 0.6 is 0 Å². The number of aliphatic carboxylic acids is 1. The summed E-state index contributed by atoms with van der Waals surface area (Å²) in [6.45, 7) is 5.56. The number of unbranched alkanes of at least 4 members (excludes halogenated alkanes) is 2. The lowest BCUT2D eigenvalue weighted by molar-refractivity contribution is -0.441. The SMILES string of the molecule is COCC[N+]1=C(/C=C/C=C/C=C2/N(CCCCCC(=O)O)c3ccc4c(S(=O)(=O)[O-])cc(S(=O)(=O)[O-])cc4c3C2(C)CCCS(=O)(=O)[O-])C(C)(C)c2c1cc(S(=O)(=O)[O-])c1ccc(S(=O)(=O)[O-])cc21. The summed E-state index contributed by atoms with van der Waals surface area (Å²) >= 11 is 0. The Hall–Kier alpha value is -4.93. The van der Waals surface area contributed by atoms with Crippen LogP contribution in [0.25, 0.3) is 21.5 Å². The molecule has 0 amide bonds. The van der Waals surface area contributed by atoms with E-state index in [-0.39, 0.29) is 71.8 Å². The molecule has 0 saturated heterocycles. The summed E-state index contributed by atoms with van der Waals surface area (Å²) in [5.41, 5.74) is -0.296. The van der Waals surface area contributed by atoms with Crippen molar-refractivity contribution < 1.29 is 84.1 Å². The molecule has 1 atom stereocenters. The molecule has 374 valence electrons. The maximum absolute atomic E-state index is 12.6. The fourth-order valence-electron chi connectivity index (χ4n) is 9.43. The number of hydrogen-bond acceptors (Lipinski definition) is 18. The van der Waals surface area contributed by atoms with Crippen LogP contribution in [0.5, 0.6) is 0 Å². The van der Waals surface area contributed by atoms with Crippen molar-refractivity contribution in [2.75, 3.05) is 37.5 Å². The molecule has 0 bridgehead atoms. The molecule has 0 aromatic heterocycles. The van der Waals surface area contributed by atoms with E-state index in [1.165, 1.54) is 25.3 Å². The zero-order chi connectivity index (χ0) is 51.3. The van der Waals surface area contributed by atoms with Gasteiger partial charge in [-0.15, -0.1) is 0 Å². The lowest BCUT2D eigenvalue weighted by Crippen LogP contribution is -2.30. The molecule has 4 aromatic rings. The summed E-state index contributed by atoms with van der Waals surface area (Å²) < 4.78 is 192. The maximum Gasteiger partial charge on any atom is 0.303 e. The van der Waals surface area contributed by atoms with E-state index in [9.17, 15) is 74.8 Å². The Morgan fingerprint density at radius 3 is 1.87 bits per heavy atom. The first kappa shape index (κ1) is 53.4. The molecule has 4 aromatic carbocycles. The van der Waals surface area contributed by atoms with Crippen LogP contribution in [0.1, 0.15) is 70.4 Å². The molecule has 2 aliphatic heterocycles. The van der Waals surface area contributed by atoms with Crippen molar-refractivity contribution >= 4 is 95.2 Å². The van der Waals surface area contributed by atoms with E-state index < -0.39 is 92.7 Å². The van der Waals surface area contributed by atoms with Crippen molar-refractivity contribution in [3.05, 3.63) is 95.7 Å². The molecule has 0 fully saturated rings. The van der Waals surface area contributed by atoms with Crippen LogP contribution in [0.2, 0.25) is 0 Å². The number of fused-ring (bicyclic) bond motifs is 6. The second-order valence-electron chi connectivity index (χ2n) is 17.3. The maximum atomic E-state index is 12.6. The third-order valence-corrected chi connectivity index (χ3v) is 16.5. The topological polar surface area (TPSA) is 339 Å². The molecule has 1 unspecified atom stereocenters. The van der Waals surface area contributed by atoms with Gasteiger partial charge in [0.05, 0.1) is 35.1 Å². The number of carbonyl (C=O) groups is 1. The summed E-state index contributed by atoms with van der Waals surface area (Å²) in [7, 11) is -24.3. The Morgan fingerprint density at radius 2 is 1.29 bits per heavy atom. The number of ether oxygens (including phenoxy) is 1. The van der Waals surface area contributed by atoms with Crippen molar-refractivity contribution in [1.82, 2.24) is 0 Å². The van der Waals surface area contributed by atoms with Crippen LogP contribution in [0, 0.1) is 0 Å². The van der Waals surface area contributed by atoms with Crippen molar-refractivity contribution in [1.29, 1.82) is 0 Å². The average molecular weight is 1050 g/mol. The molecule has 0 radical (unpaired) electrons. The first-order valence-electron chi connectivity index (χ1n) is 21.0. The van der Waals surface area contributed by atoms with Gasteiger partial charge in [0.25, 0.3) is 0 Å². The van der Waals surface area contributed by atoms with Crippen molar-refractivity contribution in [3.63, 3.8) is 0 Å². The molecule has 0 saturated carbocycles. The van der Waals surface area contributed by atoms with Gasteiger partial charge in [-0.1, -0.05) is 36.8 Å². The van der Waals surface area contributed by atoms with Crippen molar-refractivity contribution in [3.8, 4) is 0 Å².